The van der Waals surface area contributed by atoms with Crippen molar-refractivity contribution in [3.05, 3.63) is 96.6 Å². The summed E-state index contributed by atoms with van der Waals surface area (Å²) in [7, 11) is 0. The molecule has 2 N–H and O–H groups in total. The number of rotatable bonds is 5. The summed E-state index contributed by atoms with van der Waals surface area (Å²) in [5, 5.41) is 18.4. The zero-order chi connectivity index (χ0) is 19.2. The molecule has 0 aliphatic carbocycles. The van der Waals surface area contributed by atoms with E-state index in [0.29, 0.717) is 22.6 Å². The van der Waals surface area contributed by atoms with Crippen molar-refractivity contribution in [2.75, 3.05) is 5.32 Å². The summed E-state index contributed by atoms with van der Waals surface area (Å²) in [5.74, 6) is -0.0723. The van der Waals surface area contributed by atoms with Crippen LogP contribution in [0.1, 0.15) is 10.4 Å². The zero-order valence-corrected chi connectivity index (χ0v) is 14.9. The van der Waals surface area contributed by atoms with E-state index in [1.54, 1.807) is 0 Å². The smallest absolute Gasteiger partial charge is 0.261 e. The molecular formula is C22H17N5O. The molecule has 0 unspecified atom stereocenters. The van der Waals surface area contributed by atoms with E-state index in [2.05, 4.69) is 25.7 Å². The molecule has 0 saturated heterocycles. The highest BCUT2D eigenvalue weighted by molar-refractivity contribution is 6.11. The number of carbonyl (C=O) groups is 1. The van der Waals surface area contributed by atoms with E-state index in [-0.39, 0.29) is 11.7 Å². The van der Waals surface area contributed by atoms with Crippen LogP contribution < -0.4 is 5.32 Å². The number of aromatic amines is 1. The van der Waals surface area contributed by atoms with Gasteiger partial charge in [0.15, 0.2) is 0 Å². The number of para-hydroxylation sites is 1. The molecule has 4 aromatic rings. The van der Waals surface area contributed by atoms with Crippen LogP contribution in [-0.4, -0.2) is 16.1 Å². The Morgan fingerprint density at radius 3 is 2.07 bits per heavy atom. The fourth-order valence-corrected chi connectivity index (χ4v) is 2.75. The molecule has 6 nitrogen and oxygen atoms in total. The van der Waals surface area contributed by atoms with Gasteiger partial charge < -0.3 is 5.32 Å². The highest BCUT2D eigenvalue weighted by atomic mass is 16.1. The molecule has 6 heteroatoms. The number of anilines is 1. The number of aromatic nitrogens is 2. The van der Waals surface area contributed by atoms with Gasteiger partial charge in [0.25, 0.3) is 5.91 Å². The summed E-state index contributed by atoms with van der Waals surface area (Å²) >= 11 is 0. The third-order valence-corrected chi connectivity index (χ3v) is 4.08. The average Bonchev–Trinajstić information content (AvgIpc) is 3.18. The predicted molar refractivity (Wildman–Crippen MR) is 109 cm³/mol. The molecular weight excluding hydrogens is 350 g/mol. The summed E-state index contributed by atoms with van der Waals surface area (Å²) in [5.41, 5.74) is 3.15. The van der Waals surface area contributed by atoms with Crippen LogP contribution in [0.3, 0.4) is 0 Å². The van der Waals surface area contributed by atoms with Crippen molar-refractivity contribution in [2.45, 2.75) is 0 Å². The van der Waals surface area contributed by atoms with Gasteiger partial charge in [-0.25, -0.2) is 0 Å². The number of nitrogens with one attached hydrogen (secondary N) is 2. The highest BCUT2D eigenvalue weighted by Crippen LogP contribution is 2.30. The first kappa shape index (κ1) is 17.4. The Hall–Kier alpha value is -4.06. The first-order valence-corrected chi connectivity index (χ1v) is 8.78. The lowest BCUT2D eigenvalue weighted by molar-refractivity contribution is 0.102. The van der Waals surface area contributed by atoms with Gasteiger partial charge in [0.2, 0.25) is 5.82 Å². The SMILES string of the molecule is O=C(Nc1ccccc1)c1c(N=Nc2ccccc2)n[nH]c1-c1ccccc1. The lowest BCUT2D eigenvalue weighted by Crippen LogP contribution is -2.12. The first-order chi connectivity index (χ1) is 13.8. The van der Waals surface area contributed by atoms with Gasteiger partial charge in [0.1, 0.15) is 5.56 Å². The minimum absolute atomic E-state index is 0.233. The second-order valence-electron chi connectivity index (χ2n) is 6.02. The van der Waals surface area contributed by atoms with Gasteiger partial charge in [-0.05, 0) is 24.3 Å². The highest BCUT2D eigenvalue weighted by Gasteiger charge is 2.22. The lowest BCUT2D eigenvalue weighted by atomic mass is 10.1. The van der Waals surface area contributed by atoms with Crippen molar-refractivity contribution in [1.82, 2.24) is 10.2 Å². The van der Waals surface area contributed by atoms with Crippen LogP contribution >= 0.6 is 0 Å². The monoisotopic (exact) mass is 367 g/mol. The maximum absolute atomic E-state index is 13.0. The Labute approximate surface area is 162 Å². The third kappa shape index (κ3) is 3.86. The molecule has 0 spiro atoms. The quantitative estimate of drug-likeness (QED) is 0.441. The molecule has 1 amide bonds. The fourth-order valence-electron chi connectivity index (χ4n) is 2.75. The third-order valence-electron chi connectivity index (χ3n) is 4.08. The molecule has 3 aromatic carbocycles. The number of H-pyrrole nitrogens is 1. The normalized spacial score (nSPS) is 10.9. The molecule has 1 aromatic heterocycles. The maximum atomic E-state index is 13.0. The van der Waals surface area contributed by atoms with E-state index in [1.165, 1.54) is 0 Å². The molecule has 0 radical (unpaired) electrons. The second-order valence-corrected chi connectivity index (χ2v) is 6.02. The van der Waals surface area contributed by atoms with E-state index < -0.39 is 0 Å². The Bertz CT molecular complexity index is 1090. The van der Waals surface area contributed by atoms with Crippen LogP contribution in [0.2, 0.25) is 0 Å². The minimum atomic E-state index is -0.305. The van der Waals surface area contributed by atoms with Crippen molar-refractivity contribution < 1.29 is 4.79 Å². The minimum Gasteiger partial charge on any atom is -0.322 e. The van der Waals surface area contributed by atoms with E-state index in [9.17, 15) is 4.79 Å². The topological polar surface area (TPSA) is 82.5 Å². The van der Waals surface area contributed by atoms with Crippen LogP contribution in [-0.2, 0) is 0 Å². The number of benzene rings is 3. The molecule has 28 heavy (non-hydrogen) atoms. The van der Waals surface area contributed by atoms with Crippen molar-refractivity contribution in [3.63, 3.8) is 0 Å². The van der Waals surface area contributed by atoms with E-state index >= 15 is 0 Å². The summed E-state index contributed by atoms with van der Waals surface area (Å²) in [6.45, 7) is 0. The predicted octanol–water partition coefficient (Wildman–Crippen LogP) is 5.74. The number of azo groups is 1. The van der Waals surface area contributed by atoms with Crippen LogP contribution in [0.5, 0.6) is 0 Å². The van der Waals surface area contributed by atoms with Crippen LogP contribution in [0, 0.1) is 0 Å². The molecule has 4 rings (SSSR count). The number of carbonyl (C=O) groups excluding carboxylic acids is 1. The Morgan fingerprint density at radius 2 is 1.39 bits per heavy atom. The molecule has 1 heterocycles. The molecule has 0 bridgehead atoms. The fraction of sp³-hybridized carbons (Fsp3) is 0. The number of hydrogen-bond acceptors (Lipinski definition) is 4. The molecule has 136 valence electrons. The van der Waals surface area contributed by atoms with Gasteiger partial charge in [0, 0.05) is 11.3 Å². The van der Waals surface area contributed by atoms with Gasteiger partial charge in [0.05, 0.1) is 11.4 Å². The largest absolute Gasteiger partial charge is 0.322 e. The van der Waals surface area contributed by atoms with Gasteiger partial charge in [-0.15, -0.1) is 10.2 Å². The molecule has 0 aliphatic heterocycles. The van der Waals surface area contributed by atoms with E-state index in [4.69, 9.17) is 0 Å². The van der Waals surface area contributed by atoms with Crippen molar-refractivity contribution in [1.29, 1.82) is 0 Å². The Kier molecular flexibility index (Phi) is 5.02. The average molecular weight is 367 g/mol. The lowest BCUT2D eigenvalue weighted by Gasteiger charge is -2.06. The number of hydrogen-bond donors (Lipinski definition) is 2. The Balaban J connectivity index is 1.73. The molecule has 0 aliphatic rings. The van der Waals surface area contributed by atoms with Crippen molar-refractivity contribution in [3.8, 4) is 11.3 Å². The Morgan fingerprint density at radius 1 is 0.786 bits per heavy atom. The molecule has 0 saturated carbocycles. The van der Waals surface area contributed by atoms with Gasteiger partial charge in [-0.3, -0.25) is 9.89 Å². The maximum Gasteiger partial charge on any atom is 0.261 e. The van der Waals surface area contributed by atoms with Crippen molar-refractivity contribution in [2.24, 2.45) is 10.2 Å². The standard InChI is InChI=1S/C22H17N5O/c28-22(23-17-12-6-2-7-13-17)19-20(16-10-4-1-5-11-16)25-27-21(19)26-24-18-14-8-3-9-15-18/h1-15H,(H,23,28)(H,25,27). The summed E-state index contributed by atoms with van der Waals surface area (Å²) in [6, 6.07) is 28.1. The second kappa shape index (κ2) is 8.09. The van der Waals surface area contributed by atoms with Gasteiger partial charge in [-0.1, -0.05) is 66.7 Å². The van der Waals surface area contributed by atoms with Crippen molar-refractivity contribution >= 4 is 23.1 Å². The van der Waals surface area contributed by atoms with Gasteiger partial charge >= 0.3 is 0 Å². The summed E-state index contributed by atoms with van der Waals surface area (Å²) < 4.78 is 0. The summed E-state index contributed by atoms with van der Waals surface area (Å²) in [4.78, 5) is 13.0. The molecule has 0 fully saturated rings. The first-order valence-electron chi connectivity index (χ1n) is 8.78. The van der Waals surface area contributed by atoms with Crippen LogP contribution in [0.15, 0.2) is 101 Å². The van der Waals surface area contributed by atoms with Gasteiger partial charge in [-0.2, -0.15) is 5.10 Å². The summed E-state index contributed by atoms with van der Waals surface area (Å²) in [6.07, 6.45) is 0. The van der Waals surface area contributed by atoms with Crippen LogP contribution in [0.25, 0.3) is 11.3 Å². The van der Waals surface area contributed by atoms with E-state index in [0.717, 1.165) is 5.56 Å². The van der Waals surface area contributed by atoms with Crippen LogP contribution in [0.4, 0.5) is 17.2 Å². The molecule has 0 atom stereocenters. The number of nitrogens with zero attached hydrogens (tertiary/aromatic N) is 3. The van der Waals surface area contributed by atoms with E-state index in [1.807, 2.05) is 91.0 Å². The number of amides is 1. The zero-order valence-electron chi connectivity index (χ0n) is 14.9.